The lowest BCUT2D eigenvalue weighted by Gasteiger charge is -2.13. The number of aromatic nitrogens is 2. The van der Waals surface area contributed by atoms with Gasteiger partial charge < -0.3 is 20.4 Å². The monoisotopic (exact) mass is 274 g/mol. The molecule has 6 nitrogen and oxygen atoms in total. The van der Waals surface area contributed by atoms with E-state index in [4.69, 9.17) is 10.5 Å². The first-order valence-electron chi connectivity index (χ1n) is 6.36. The van der Waals surface area contributed by atoms with Crippen molar-refractivity contribution in [2.75, 3.05) is 11.9 Å². The molecule has 1 aromatic carbocycles. The summed E-state index contributed by atoms with van der Waals surface area (Å²) in [4.78, 5) is 14.8. The Morgan fingerprint density at radius 1 is 1.45 bits per heavy atom. The predicted octanol–water partition coefficient (Wildman–Crippen LogP) is 1.29. The quantitative estimate of drug-likeness (QED) is 0.797. The third-order valence-corrected chi connectivity index (χ3v) is 2.87. The third kappa shape index (κ3) is 3.74. The zero-order valence-corrected chi connectivity index (χ0v) is 11.4. The molecule has 20 heavy (non-hydrogen) atoms. The molecule has 106 valence electrons. The van der Waals surface area contributed by atoms with Crippen molar-refractivity contribution < 1.29 is 9.53 Å². The largest absolute Gasteiger partial charge is 0.491 e. The Labute approximate surface area is 117 Å². The van der Waals surface area contributed by atoms with Gasteiger partial charge in [0.1, 0.15) is 5.75 Å². The van der Waals surface area contributed by atoms with Gasteiger partial charge in [-0.05, 0) is 12.1 Å². The molecule has 0 radical (unpaired) electrons. The van der Waals surface area contributed by atoms with Gasteiger partial charge in [-0.3, -0.25) is 4.79 Å². The van der Waals surface area contributed by atoms with Crippen LogP contribution in [-0.4, -0.2) is 22.1 Å². The number of rotatable bonds is 7. The summed E-state index contributed by atoms with van der Waals surface area (Å²) < 4.78 is 7.51. The second-order valence-corrected chi connectivity index (χ2v) is 4.41. The molecule has 1 heterocycles. The van der Waals surface area contributed by atoms with E-state index in [-0.39, 0.29) is 18.9 Å². The Kier molecular flexibility index (Phi) is 4.60. The summed E-state index contributed by atoms with van der Waals surface area (Å²) in [6, 6.07) is 7.59. The van der Waals surface area contributed by atoms with Crippen molar-refractivity contribution in [1.82, 2.24) is 9.55 Å². The minimum Gasteiger partial charge on any atom is -0.491 e. The van der Waals surface area contributed by atoms with Crippen LogP contribution in [0.25, 0.3) is 0 Å². The molecule has 0 saturated heterocycles. The number of carbonyl (C=O) groups excluding carboxylic acids is 1. The van der Waals surface area contributed by atoms with E-state index in [9.17, 15) is 4.79 Å². The molecule has 1 aromatic heterocycles. The van der Waals surface area contributed by atoms with Gasteiger partial charge in [-0.1, -0.05) is 12.1 Å². The van der Waals surface area contributed by atoms with Crippen molar-refractivity contribution in [3.8, 4) is 5.75 Å². The first-order valence-corrected chi connectivity index (χ1v) is 6.36. The van der Waals surface area contributed by atoms with Gasteiger partial charge in [-0.25, -0.2) is 4.98 Å². The van der Waals surface area contributed by atoms with E-state index in [2.05, 4.69) is 10.3 Å². The summed E-state index contributed by atoms with van der Waals surface area (Å²) in [6.07, 6.45) is 3.77. The van der Waals surface area contributed by atoms with Crippen LogP contribution >= 0.6 is 0 Å². The van der Waals surface area contributed by atoms with Crippen molar-refractivity contribution in [3.05, 3.63) is 42.5 Å². The van der Waals surface area contributed by atoms with Gasteiger partial charge in [-0.15, -0.1) is 0 Å². The maximum absolute atomic E-state index is 10.7. The van der Waals surface area contributed by atoms with Crippen LogP contribution < -0.4 is 15.8 Å². The van der Waals surface area contributed by atoms with Crippen molar-refractivity contribution in [3.63, 3.8) is 0 Å². The van der Waals surface area contributed by atoms with Crippen LogP contribution in [0, 0.1) is 0 Å². The minimum atomic E-state index is -0.370. The Morgan fingerprint density at radius 3 is 2.95 bits per heavy atom. The number of carbonyl (C=O) groups is 1. The molecular weight excluding hydrogens is 256 g/mol. The number of ether oxygens (including phenoxy) is 1. The molecule has 2 rings (SSSR count). The van der Waals surface area contributed by atoms with Gasteiger partial charge >= 0.3 is 0 Å². The maximum Gasteiger partial charge on any atom is 0.220 e. The first kappa shape index (κ1) is 13.9. The molecule has 1 amide bonds. The Balaban J connectivity index is 1.97. The standard InChI is InChI=1S/C14H18N4O2/c1-18-10-16-8-11(18)9-17-12-4-2-3-5-13(12)20-7-6-14(15)19/h2-5,8,10,17H,6-7,9H2,1H3,(H2,15,19). The van der Waals surface area contributed by atoms with Gasteiger partial charge in [0.15, 0.2) is 0 Å². The average Bonchev–Trinajstić information content (AvgIpc) is 2.83. The van der Waals surface area contributed by atoms with Gasteiger partial charge in [0.25, 0.3) is 0 Å². The van der Waals surface area contributed by atoms with E-state index in [1.54, 1.807) is 6.33 Å². The average molecular weight is 274 g/mol. The molecule has 0 atom stereocenters. The molecule has 0 aliphatic heterocycles. The van der Waals surface area contributed by atoms with E-state index < -0.39 is 0 Å². The Bertz CT molecular complexity index is 580. The lowest BCUT2D eigenvalue weighted by atomic mass is 10.3. The van der Waals surface area contributed by atoms with E-state index in [1.807, 2.05) is 42.1 Å². The van der Waals surface area contributed by atoms with Crippen LogP contribution in [0.5, 0.6) is 5.75 Å². The normalized spacial score (nSPS) is 10.2. The van der Waals surface area contributed by atoms with Crippen LogP contribution in [0.15, 0.2) is 36.8 Å². The highest BCUT2D eigenvalue weighted by atomic mass is 16.5. The second kappa shape index (κ2) is 6.60. The number of hydrogen-bond donors (Lipinski definition) is 2. The molecule has 2 aromatic rings. The number of imidazole rings is 1. The Morgan fingerprint density at radius 2 is 2.25 bits per heavy atom. The number of aryl methyl sites for hydroxylation is 1. The number of hydrogen-bond acceptors (Lipinski definition) is 4. The van der Waals surface area contributed by atoms with Gasteiger partial charge in [0, 0.05) is 13.2 Å². The molecule has 6 heteroatoms. The first-order chi connectivity index (χ1) is 9.66. The summed E-state index contributed by atoms with van der Waals surface area (Å²) in [5.74, 6) is 0.334. The lowest BCUT2D eigenvalue weighted by molar-refractivity contribution is -0.118. The fourth-order valence-corrected chi connectivity index (χ4v) is 1.74. The maximum atomic E-state index is 10.7. The van der Waals surface area contributed by atoms with Gasteiger partial charge in [0.05, 0.1) is 37.3 Å². The second-order valence-electron chi connectivity index (χ2n) is 4.41. The van der Waals surface area contributed by atoms with E-state index in [1.165, 1.54) is 0 Å². The highest BCUT2D eigenvalue weighted by Gasteiger charge is 2.05. The van der Waals surface area contributed by atoms with Crippen LogP contribution in [0.2, 0.25) is 0 Å². The summed E-state index contributed by atoms with van der Waals surface area (Å²) in [6.45, 7) is 0.923. The fourth-order valence-electron chi connectivity index (χ4n) is 1.74. The zero-order chi connectivity index (χ0) is 14.4. The number of nitrogens with zero attached hydrogens (tertiary/aromatic N) is 2. The summed E-state index contributed by atoms with van der Waals surface area (Å²) in [7, 11) is 1.94. The SMILES string of the molecule is Cn1cncc1CNc1ccccc1OCCC(N)=O. The van der Waals surface area contributed by atoms with Gasteiger partial charge in [-0.2, -0.15) is 0 Å². The molecule has 0 unspecified atom stereocenters. The molecule has 0 bridgehead atoms. The number of amides is 1. The number of benzene rings is 1. The third-order valence-electron chi connectivity index (χ3n) is 2.87. The fraction of sp³-hybridized carbons (Fsp3) is 0.286. The summed E-state index contributed by atoms with van der Waals surface area (Å²) in [5.41, 5.74) is 7.03. The molecule has 0 fully saturated rings. The molecule has 3 N–H and O–H groups in total. The van der Waals surface area contributed by atoms with E-state index in [0.29, 0.717) is 12.3 Å². The minimum absolute atomic E-state index is 0.204. The topological polar surface area (TPSA) is 82.2 Å². The van der Waals surface area contributed by atoms with Gasteiger partial charge in [0.2, 0.25) is 5.91 Å². The number of nitrogens with one attached hydrogen (secondary N) is 1. The molecule has 0 aliphatic rings. The van der Waals surface area contributed by atoms with Crippen molar-refractivity contribution in [2.45, 2.75) is 13.0 Å². The number of para-hydroxylation sites is 2. The lowest BCUT2D eigenvalue weighted by Crippen LogP contribution is -2.15. The van der Waals surface area contributed by atoms with Crippen LogP contribution in [-0.2, 0) is 18.4 Å². The van der Waals surface area contributed by atoms with Crippen LogP contribution in [0.3, 0.4) is 0 Å². The van der Waals surface area contributed by atoms with E-state index in [0.717, 1.165) is 11.4 Å². The highest BCUT2D eigenvalue weighted by Crippen LogP contribution is 2.24. The van der Waals surface area contributed by atoms with Crippen LogP contribution in [0.4, 0.5) is 5.69 Å². The van der Waals surface area contributed by atoms with Crippen molar-refractivity contribution in [2.24, 2.45) is 12.8 Å². The van der Waals surface area contributed by atoms with E-state index >= 15 is 0 Å². The Hall–Kier alpha value is -2.50. The number of anilines is 1. The number of primary amides is 1. The highest BCUT2D eigenvalue weighted by molar-refractivity contribution is 5.73. The van der Waals surface area contributed by atoms with Crippen molar-refractivity contribution in [1.29, 1.82) is 0 Å². The zero-order valence-electron chi connectivity index (χ0n) is 11.4. The van der Waals surface area contributed by atoms with Crippen LogP contribution in [0.1, 0.15) is 12.1 Å². The molecular formula is C14H18N4O2. The smallest absolute Gasteiger partial charge is 0.220 e. The molecule has 0 spiro atoms. The number of nitrogens with two attached hydrogens (primary N) is 1. The molecule has 0 saturated carbocycles. The predicted molar refractivity (Wildman–Crippen MR) is 76.3 cm³/mol. The molecule has 0 aliphatic carbocycles. The summed E-state index contributed by atoms with van der Waals surface area (Å²) in [5, 5.41) is 3.29. The summed E-state index contributed by atoms with van der Waals surface area (Å²) >= 11 is 0. The van der Waals surface area contributed by atoms with Crippen molar-refractivity contribution >= 4 is 11.6 Å².